The van der Waals surface area contributed by atoms with Crippen LogP contribution in [0.3, 0.4) is 0 Å². The van der Waals surface area contributed by atoms with Crippen LogP contribution in [-0.2, 0) is 6.54 Å². The van der Waals surface area contributed by atoms with Gasteiger partial charge in [-0.2, -0.15) is 0 Å². The lowest BCUT2D eigenvalue weighted by Gasteiger charge is -2.23. The molecule has 1 atom stereocenters. The minimum absolute atomic E-state index is 0.162. The van der Waals surface area contributed by atoms with Gasteiger partial charge in [-0.05, 0) is 45.2 Å². The van der Waals surface area contributed by atoms with Gasteiger partial charge in [0.05, 0.1) is 0 Å². The maximum atomic E-state index is 3.59. The molecule has 0 bridgehead atoms. The number of aryl methyl sites for hydroxylation is 1. The van der Waals surface area contributed by atoms with Crippen LogP contribution in [0.2, 0.25) is 0 Å². The fourth-order valence-corrected chi connectivity index (χ4v) is 2.76. The van der Waals surface area contributed by atoms with Crippen LogP contribution in [0.1, 0.15) is 52.7 Å². The van der Waals surface area contributed by atoms with Crippen LogP contribution in [0.4, 0.5) is 0 Å². The Morgan fingerprint density at radius 1 is 1.16 bits per heavy atom. The van der Waals surface area contributed by atoms with Crippen molar-refractivity contribution in [3.8, 4) is 0 Å². The first-order valence-corrected chi connectivity index (χ1v) is 8.08. The third-order valence-electron chi connectivity index (χ3n) is 3.28. The average molecular weight is 279 g/mol. The number of thioether (sulfide) groups is 1. The molecular weight excluding hydrogens is 250 g/mol. The molecule has 0 fully saturated rings. The number of benzene rings is 1. The first kappa shape index (κ1) is 16.6. The largest absolute Gasteiger partial charge is 0.308 e. The highest BCUT2D eigenvalue weighted by Gasteiger charge is 2.14. The molecule has 1 rings (SSSR count). The summed E-state index contributed by atoms with van der Waals surface area (Å²) in [5, 5.41) is 4.24. The van der Waals surface area contributed by atoms with Gasteiger partial charge in [0.25, 0.3) is 0 Å². The SMILES string of the molecule is Cc1ccc(SC(C)C(C)C)c(CNC(C)(C)C)c1. The fourth-order valence-electron chi connectivity index (χ4n) is 1.66. The summed E-state index contributed by atoms with van der Waals surface area (Å²) in [6.07, 6.45) is 0. The molecule has 1 N–H and O–H groups in total. The zero-order valence-corrected chi connectivity index (χ0v) is 14.3. The molecule has 0 spiro atoms. The molecule has 0 aromatic heterocycles. The van der Waals surface area contributed by atoms with Gasteiger partial charge in [0.2, 0.25) is 0 Å². The van der Waals surface area contributed by atoms with Crippen molar-refractivity contribution >= 4 is 11.8 Å². The van der Waals surface area contributed by atoms with Crippen molar-refractivity contribution in [3.63, 3.8) is 0 Å². The molecule has 0 amide bonds. The van der Waals surface area contributed by atoms with Crippen molar-refractivity contribution in [2.24, 2.45) is 5.92 Å². The molecule has 1 aromatic carbocycles. The summed E-state index contributed by atoms with van der Waals surface area (Å²) < 4.78 is 0. The molecule has 0 saturated heterocycles. The second-order valence-electron chi connectivity index (χ2n) is 6.78. The summed E-state index contributed by atoms with van der Waals surface area (Å²) in [7, 11) is 0. The second-order valence-corrected chi connectivity index (χ2v) is 8.20. The Labute approximate surface area is 123 Å². The van der Waals surface area contributed by atoms with E-state index in [-0.39, 0.29) is 5.54 Å². The molecule has 1 unspecified atom stereocenters. The molecule has 19 heavy (non-hydrogen) atoms. The molecule has 2 heteroatoms. The Hall–Kier alpha value is -0.470. The molecule has 0 heterocycles. The third-order valence-corrected chi connectivity index (χ3v) is 4.85. The van der Waals surface area contributed by atoms with Crippen molar-refractivity contribution in [2.75, 3.05) is 0 Å². The quantitative estimate of drug-likeness (QED) is 0.760. The maximum absolute atomic E-state index is 3.59. The highest BCUT2D eigenvalue weighted by Crippen LogP contribution is 2.31. The van der Waals surface area contributed by atoms with E-state index in [0.717, 1.165) is 6.54 Å². The predicted octanol–water partition coefficient (Wildman–Crippen LogP) is 5.02. The Balaban J connectivity index is 2.85. The lowest BCUT2D eigenvalue weighted by atomic mass is 10.1. The van der Waals surface area contributed by atoms with Crippen LogP contribution in [-0.4, -0.2) is 10.8 Å². The average Bonchev–Trinajstić information content (AvgIpc) is 2.28. The number of hydrogen-bond donors (Lipinski definition) is 1. The van der Waals surface area contributed by atoms with Gasteiger partial charge in [0.15, 0.2) is 0 Å². The van der Waals surface area contributed by atoms with Gasteiger partial charge in [0, 0.05) is 22.2 Å². The minimum Gasteiger partial charge on any atom is -0.308 e. The van der Waals surface area contributed by atoms with Crippen LogP contribution >= 0.6 is 11.8 Å². The molecule has 108 valence electrons. The normalized spacial score (nSPS) is 13.9. The van der Waals surface area contributed by atoms with Crippen molar-refractivity contribution in [3.05, 3.63) is 29.3 Å². The monoisotopic (exact) mass is 279 g/mol. The van der Waals surface area contributed by atoms with Crippen LogP contribution in [0, 0.1) is 12.8 Å². The van der Waals surface area contributed by atoms with E-state index < -0.39 is 0 Å². The topological polar surface area (TPSA) is 12.0 Å². The van der Waals surface area contributed by atoms with E-state index in [2.05, 4.69) is 72.0 Å². The molecule has 1 aromatic rings. The van der Waals surface area contributed by atoms with E-state index in [4.69, 9.17) is 0 Å². The van der Waals surface area contributed by atoms with Crippen molar-refractivity contribution in [1.82, 2.24) is 5.32 Å². The summed E-state index contributed by atoms with van der Waals surface area (Å²) in [6.45, 7) is 16.7. The minimum atomic E-state index is 0.162. The summed E-state index contributed by atoms with van der Waals surface area (Å²) in [5.41, 5.74) is 2.93. The lowest BCUT2D eigenvalue weighted by molar-refractivity contribution is 0.422. The van der Waals surface area contributed by atoms with Crippen LogP contribution in [0.25, 0.3) is 0 Å². The molecule has 0 aliphatic carbocycles. The molecule has 0 radical (unpaired) electrons. The second kappa shape index (κ2) is 6.81. The molecule has 0 aliphatic heterocycles. The van der Waals surface area contributed by atoms with Crippen molar-refractivity contribution in [2.45, 2.75) is 70.7 Å². The van der Waals surface area contributed by atoms with Crippen LogP contribution in [0.15, 0.2) is 23.1 Å². The Bertz CT molecular complexity index is 404. The predicted molar refractivity (Wildman–Crippen MR) is 87.9 cm³/mol. The van der Waals surface area contributed by atoms with Gasteiger partial charge in [-0.15, -0.1) is 11.8 Å². The van der Waals surface area contributed by atoms with Crippen LogP contribution in [0.5, 0.6) is 0 Å². The maximum Gasteiger partial charge on any atom is 0.0221 e. The Kier molecular flexibility index (Phi) is 5.94. The first-order chi connectivity index (χ1) is 8.69. The van der Waals surface area contributed by atoms with E-state index in [0.29, 0.717) is 11.2 Å². The molecule has 0 saturated carbocycles. The van der Waals surface area contributed by atoms with Crippen molar-refractivity contribution < 1.29 is 0 Å². The van der Waals surface area contributed by atoms with E-state index >= 15 is 0 Å². The highest BCUT2D eigenvalue weighted by atomic mass is 32.2. The van der Waals surface area contributed by atoms with Crippen LogP contribution < -0.4 is 5.32 Å². The van der Waals surface area contributed by atoms with E-state index in [1.165, 1.54) is 16.0 Å². The fraction of sp³-hybridized carbons (Fsp3) is 0.647. The van der Waals surface area contributed by atoms with Gasteiger partial charge in [0.1, 0.15) is 0 Å². The Morgan fingerprint density at radius 2 is 1.79 bits per heavy atom. The van der Waals surface area contributed by atoms with Crippen molar-refractivity contribution in [1.29, 1.82) is 0 Å². The van der Waals surface area contributed by atoms with Gasteiger partial charge in [-0.3, -0.25) is 0 Å². The highest BCUT2D eigenvalue weighted by molar-refractivity contribution is 8.00. The summed E-state index contributed by atoms with van der Waals surface area (Å²) >= 11 is 2.00. The zero-order chi connectivity index (χ0) is 14.6. The van der Waals surface area contributed by atoms with Gasteiger partial charge in [-0.1, -0.05) is 38.5 Å². The molecule has 1 nitrogen and oxygen atoms in total. The lowest BCUT2D eigenvalue weighted by Crippen LogP contribution is -2.35. The van der Waals surface area contributed by atoms with Gasteiger partial charge in [-0.25, -0.2) is 0 Å². The summed E-state index contributed by atoms with van der Waals surface area (Å²) in [6, 6.07) is 6.81. The van der Waals surface area contributed by atoms with Gasteiger partial charge < -0.3 is 5.32 Å². The third kappa shape index (κ3) is 6.01. The van der Waals surface area contributed by atoms with E-state index in [9.17, 15) is 0 Å². The number of nitrogens with one attached hydrogen (secondary N) is 1. The standard InChI is InChI=1S/C17H29NS/c1-12(2)14(4)19-16-9-8-13(3)10-15(16)11-18-17(5,6)7/h8-10,12,14,18H,11H2,1-7H3. The number of rotatable bonds is 5. The van der Waals surface area contributed by atoms with E-state index in [1.54, 1.807) is 0 Å². The first-order valence-electron chi connectivity index (χ1n) is 7.20. The summed E-state index contributed by atoms with van der Waals surface area (Å²) in [4.78, 5) is 1.42. The smallest absolute Gasteiger partial charge is 0.0221 e. The molecular formula is C17H29NS. The van der Waals surface area contributed by atoms with Gasteiger partial charge >= 0.3 is 0 Å². The number of hydrogen-bond acceptors (Lipinski definition) is 2. The zero-order valence-electron chi connectivity index (χ0n) is 13.5. The molecule has 0 aliphatic rings. The Morgan fingerprint density at radius 3 is 2.32 bits per heavy atom. The van der Waals surface area contributed by atoms with E-state index in [1.807, 2.05) is 11.8 Å². The summed E-state index contributed by atoms with van der Waals surface area (Å²) in [5.74, 6) is 0.703.